The van der Waals surface area contributed by atoms with Gasteiger partial charge in [-0.1, -0.05) is 74.5 Å². The molecule has 0 atom stereocenters. The van der Waals surface area contributed by atoms with Gasteiger partial charge in [0.25, 0.3) is 0 Å². The summed E-state index contributed by atoms with van der Waals surface area (Å²) in [5, 5.41) is 0. The van der Waals surface area contributed by atoms with E-state index < -0.39 is 0 Å². The first-order valence-corrected chi connectivity index (χ1v) is 15.0. The highest BCUT2D eigenvalue weighted by Gasteiger charge is 2.35. The topological polar surface area (TPSA) is 77.8 Å². The summed E-state index contributed by atoms with van der Waals surface area (Å²) in [5.74, 6) is 1.60. The molecule has 3 heterocycles. The molecule has 0 spiro atoms. The zero-order chi connectivity index (χ0) is 30.1. The highest BCUT2D eigenvalue weighted by molar-refractivity contribution is 5.84. The highest BCUT2D eigenvalue weighted by Crippen LogP contribution is 2.49. The van der Waals surface area contributed by atoms with Crippen molar-refractivity contribution in [2.75, 3.05) is 0 Å². The number of aromatic nitrogens is 4. The molecule has 0 N–H and O–H groups in total. The maximum absolute atomic E-state index is 6.15. The summed E-state index contributed by atoms with van der Waals surface area (Å²) in [6.45, 7) is 4.58. The van der Waals surface area contributed by atoms with Crippen molar-refractivity contribution in [1.29, 1.82) is 0 Å². The van der Waals surface area contributed by atoms with Crippen LogP contribution in [0.3, 0.4) is 0 Å². The lowest BCUT2D eigenvalue weighted by molar-refractivity contribution is 0.617. The number of para-hydroxylation sites is 4. The van der Waals surface area contributed by atoms with Gasteiger partial charge in [0.05, 0.1) is 0 Å². The maximum atomic E-state index is 6.15. The number of nitrogens with zero attached hydrogens (tertiary/aromatic N) is 4. The Morgan fingerprint density at radius 2 is 1.04 bits per heavy atom. The van der Waals surface area contributed by atoms with Crippen LogP contribution in [0.15, 0.2) is 130 Å². The van der Waals surface area contributed by atoms with Gasteiger partial charge in [0.1, 0.15) is 11.0 Å². The van der Waals surface area contributed by atoms with Crippen molar-refractivity contribution in [1.82, 2.24) is 19.9 Å². The standard InChI is InChI=1S/C39H26N4O2/c1-39(2)30-10-4-3-9-28(30)29-16-15-23(20-31(29)39)27-21-40-36(41-22-27)24-17-25(37-42-32-11-5-7-13-34(32)44-37)19-26(18-24)38-43-33-12-6-8-14-35(33)45-38/h3-22H,1-2H3. The summed E-state index contributed by atoms with van der Waals surface area (Å²) in [6.07, 6.45) is 3.79. The molecule has 0 saturated heterocycles. The van der Waals surface area contributed by atoms with Crippen LogP contribution in [0.5, 0.6) is 0 Å². The van der Waals surface area contributed by atoms with Gasteiger partial charge >= 0.3 is 0 Å². The molecule has 6 heteroatoms. The second-order valence-electron chi connectivity index (χ2n) is 12.0. The molecule has 0 unspecified atom stereocenters. The lowest BCUT2D eigenvalue weighted by atomic mass is 9.82. The largest absolute Gasteiger partial charge is 0.436 e. The Morgan fingerprint density at radius 3 is 1.69 bits per heavy atom. The van der Waals surface area contributed by atoms with Crippen molar-refractivity contribution in [3.05, 3.63) is 133 Å². The normalized spacial score (nSPS) is 13.3. The molecule has 0 radical (unpaired) electrons. The molecule has 45 heavy (non-hydrogen) atoms. The van der Waals surface area contributed by atoms with E-state index in [0.717, 1.165) is 50.0 Å². The lowest BCUT2D eigenvalue weighted by Crippen LogP contribution is -2.14. The van der Waals surface area contributed by atoms with Gasteiger partial charge in [0, 0.05) is 40.1 Å². The summed E-state index contributed by atoms with van der Waals surface area (Å²) in [7, 11) is 0. The predicted molar refractivity (Wildman–Crippen MR) is 176 cm³/mol. The Kier molecular flexibility index (Phi) is 5.44. The Balaban J connectivity index is 1.13. The van der Waals surface area contributed by atoms with E-state index in [1.165, 1.54) is 22.3 Å². The van der Waals surface area contributed by atoms with Crippen molar-refractivity contribution in [2.24, 2.45) is 0 Å². The monoisotopic (exact) mass is 582 g/mol. The number of hydrogen-bond donors (Lipinski definition) is 0. The van der Waals surface area contributed by atoms with Gasteiger partial charge < -0.3 is 8.83 Å². The minimum Gasteiger partial charge on any atom is -0.436 e. The van der Waals surface area contributed by atoms with Gasteiger partial charge in [-0.15, -0.1) is 0 Å². The van der Waals surface area contributed by atoms with Crippen molar-refractivity contribution >= 4 is 22.2 Å². The molecule has 8 aromatic rings. The summed E-state index contributed by atoms with van der Waals surface area (Å²) >= 11 is 0. The fourth-order valence-electron chi connectivity index (χ4n) is 6.51. The lowest BCUT2D eigenvalue weighted by Gasteiger charge is -2.21. The third-order valence-electron chi connectivity index (χ3n) is 8.84. The van der Waals surface area contributed by atoms with Gasteiger partial charge in [-0.3, -0.25) is 0 Å². The van der Waals surface area contributed by atoms with Crippen LogP contribution < -0.4 is 0 Å². The molecule has 0 saturated carbocycles. The Morgan fingerprint density at radius 1 is 0.489 bits per heavy atom. The number of fused-ring (bicyclic) bond motifs is 5. The molecule has 0 aliphatic heterocycles. The minimum atomic E-state index is -0.0745. The summed E-state index contributed by atoms with van der Waals surface area (Å²) in [5.41, 5.74) is 12.7. The van der Waals surface area contributed by atoms with E-state index in [4.69, 9.17) is 28.8 Å². The third-order valence-corrected chi connectivity index (χ3v) is 8.84. The predicted octanol–water partition coefficient (Wildman–Crippen LogP) is 9.73. The van der Waals surface area contributed by atoms with Gasteiger partial charge in [-0.05, 0) is 76.3 Å². The van der Waals surface area contributed by atoms with Crippen LogP contribution in [-0.2, 0) is 5.41 Å². The van der Waals surface area contributed by atoms with Crippen molar-refractivity contribution < 1.29 is 8.83 Å². The molecule has 5 aromatic carbocycles. The summed E-state index contributed by atoms with van der Waals surface area (Å²) in [4.78, 5) is 19.2. The quantitative estimate of drug-likeness (QED) is 0.206. The zero-order valence-corrected chi connectivity index (χ0v) is 24.7. The van der Waals surface area contributed by atoms with Crippen LogP contribution in [-0.4, -0.2) is 19.9 Å². The van der Waals surface area contributed by atoms with E-state index in [2.05, 4.69) is 56.3 Å². The van der Waals surface area contributed by atoms with Crippen molar-refractivity contribution in [3.63, 3.8) is 0 Å². The average Bonchev–Trinajstić information content (AvgIpc) is 3.78. The molecular formula is C39H26N4O2. The number of hydrogen-bond acceptors (Lipinski definition) is 6. The third kappa shape index (κ3) is 4.10. The number of rotatable bonds is 4. The molecule has 1 aliphatic rings. The maximum Gasteiger partial charge on any atom is 0.227 e. The van der Waals surface area contributed by atoms with E-state index in [9.17, 15) is 0 Å². The van der Waals surface area contributed by atoms with Crippen LogP contribution in [0.1, 0.15) is 25.0 Å². The Bertz CT molecular complexity index is 2260. The SMILES string of the molecule is CC1(C)c2ccccc2-c2ccc(-c3cnc(-c4cc(-c5nc6ccccc6o5)cc(-c5nc6ccccc6o5)c4)nc3)cc21. The highest BCUT2D eigenvalue weighted by atomic mass is 16.4. The molecular weight excluding hydrogens is 556 g/mol. The van der Waals surface area contributed by atoms with E-state index in [1.807, 2.05) is 79.1 Å². The summed E-state index contributed by atoms with van der Waals surface area (Å²) in [6, 6.07) is 36.8. The first-order chi connectivity index (χ1) is 22.0. The van der Waals surface area contributed by atoms with Crippen molar-refractivity contribution in [3.8, 4) is 56.6 Å². The minimum absolute atomic E-state index is 0.0745. The second-order valence-corrected chi connectivity index (χ2v) is 12.0. The van der Waals surface area contributed by atoms with E-state index in [0.29, 0.717) is 17.6 Å². The molecule has 0 fully saturated rings. The molecule has 9 rings (SSSR count). The number of oxazole rings is 2. The molecule has 214 valence electrons. The fraction of sp³-hybridized carbons (Fsp3) is 0.0769. The average molecular weight is 583 g/mol. The van der Waals surface area contributed by atoms with Gasteiger partial charge in [-0.2, -0.15) is 0 Å². The fourth-order valence-corrected chi connectivity index (χ4v) is 6.51. The zero-order valence-electron chi connectivity index (χ0n) is 24.7. The van der Waals surface area contributed by atoms with Gasteiger partial charge in [-0.25, -0.2) is 19.9 Å². The molecule has 1 aliphatic carbocycles. The Hall–Kier alpha value is -5.88. The smallest absolute Gasteiger partial charge is 0.227 e. The van der Waals surface area contributed by atoms with E-state index in [1.54, 1.807) is 0 Å². The van der Waals surface area contributed by atoms with E-state index in [-0.39, 0.29) is 5.41 Å². The Labute approximate surface area is 259 Å². The van der Waals surface area contributed by atoms with Gasteiger partial charge in [0.15, 0.2) is 17.0 Å². The van der Waals surface area contributed by atoms with Crippen LogP contribution in [0.2, 0.25) is 0 Å². The van der Waals surface area contributed by atoms with Crippen LogP contribution in [0.25, 0.3) is 78.7 Å². The molecule has 3 aromatic heterocycles. The van der Waals surface area contributed by atoms with Crippen LogP contribution in [0, 0.1) is 0 Å². The molecule has 0 bridgehead atoms. The number of benzene rings is 5. The van der Waals surface area contributed by atoms with Gasteiger partial charge in [0.2, 0.25) is 11.8 Å². The van der Waals surface area contributed by atoms with Crippen LogP contribution in [0.4, 0.5) is 0 Å². The second kappa shape index (κ2) is 9.56. The summed E-state index contributed by atoms with van der Waals surface area (Å²) < 4.78 is 12.3. The first kappa shape index (κ1) is 25.6. The first-order valence-electron chi connectivity index (χ1n) is 15.0. The van der Waals surface area contributed by atoms with Crippen LogP contribution >= 0.6 is 0 Å². The molecule has 0 amide bonds. The van der Waals surface area contributed by atoms with E-state index >= 15 is 0 Å². The van der Waals surface area contributed by atoms with Crippen molar-refractivity contribution in [2.45, 2.75) is 19.3 Å². The molecule has 6 nitrogen and oxygen atoms in total.